The SMILES string of the molecule is CNC(c1ccc(Br)cc1)c1ccc(C)cc1Br. The van der Waals surface area contributed by atoms with E-state index in [1.54, 1.807) is 0 Å². The highest BCUT2D eigenvalue weighted by atomic mass is 79.9. The molecule has 1 nitrogen and oxygen atoms in total. The summed E-state index contributed by atoms with van der Waals surface area (Å²) in [4.78, 5) is 0. The van der Waals surface area contributed by atoms with E-state index in [2.05, 4.69) is 86.6 Å². The van der Waals surface area contributed by atoms with Crippen molar-refractivity contribution < 1.29 is 0 Å². The second-order valence-electron chi connectivity index (χ2n) is 4.30. The maximum Gasteiger partial charge on any atom is 0.0585 e. The van der Waals surface area contributed by atoms with Crippen LogP contribution in [0.25, 0.3) is 0 Å². The standard InChI is InChI=1S/C15H15Br2N/c1-10-3-8-13(14(17)9-10)15(18-2)11-4-6-12(16)7-5-11/h3-9,15,18H,1-2H3. The van der Waals surface area contributed by atoms with Crippen molar-refractivity contribution in [2.24, 2.45) is 0 Å². The third-order valence-corrected chi connectivity index (χ3v) is 4.17. The molecule has 0 spiro atoms. The summed E-state index contributed by atoms with van der Waals surface area (Å²) in [7, 11) is 1.99. The van der Waals surface area contributed by atoms with E-state index in [0.717, 1.165) is 8.95 Å². The van der Waals surface area contributed by atoms with Crippen molar-refractivity contribution in [3.05, 3.63) is 68.1 Å². The molecule has 0 aliphatic heterocycles. The topological polar surface area (TPSA) is 12.0 Å². The summed E-state index contributed by atoms with van der Waals surface area (Å²) in [6.07, 6.45) is 0. The molecule has 0 fully saturated rings. The molecule has 0 saturated carbocycles. The minimum atomic E-state index is 0.202. The van der Waals surface area contributed by atoms with Crippen molar-refractivity contribution in [2.75, 3.05) is 7.05 Å². The molecule has 0 bridgehead atoms. The molecule has 0 aromatic heterocycles. The summed E-state index contributed by atoms with van der Waals surface area (Å²) in [6, 6.07) is 15.1. The Morgan fingerprint density at radius 1 is 1.00 bits per heavy atom. The number of hydrogen-bond donors (Lipinski definition) is 1. The summed E-state index contributed by atoms with van der Waals surface area (Å²) < 4.78 is 2.24. The Hall–Kier alpha value is -0.640. The van der Waals surface area contributed by atoms with E-state index in [0.29, 0.717) is 0 Å². The van der Waals surface area contributed by atoms with Crippen LogP contribution in [0, 0.1) is 6.92 Å². The Bertz CT molecular complexity index is 535. The lowest BCUT2D eigenvalue weighted by molar-refractivity contribution is 0.688. The molecule has 3 heteroatoms. The molecule has 0 saturated heterocycles. The monoisotopic (exact) mass is 367 g/mol. The molecule has 1 N–H and O–H groups in total. The predicted octanol–water partition coefficient (Wildman–Crippen LogP) is 4.83. The van der Waals surface area contributed by atoms with Gasteiger partial charge in [-0.1, -0.05) is 56.1 Å². The van der Waals surface area contributed by atoms with E-state index in [4.69, 9.17) is 0 Å². The Balaban J connectivity index is 2.41. The van der Waals surface area contributed by atoms with Gasteiger partial charge in [-0.25, -0.2) is 0 Å². The van der Waals surface area contributed by atoms with Crippen LogP contribution in [0.4, 0.5) is 0 Å². The van der Waals surface area contributed by atoms with Crippen molar-refractivity contribution in [3.63, 3.8) is 0 Å². The molecule has 94 valence electrons. The smallest absolute Gasteiger partial charge is 0.0585 e. The van der Waals surface area contributed by atoms with E-state index in [-0.39, 0.29) is 6.04 Å². The van der Waals surface area contributed by atoms with E-state index in [1.165, 1.54) is 16.7 Å². The normalized spacial score (nSPS) is 12.4. The predicted molar refractivity (Wildman–Crippen MR) is 83.9 cm³/mol. The van der Waals surface area contributed by atoms with Crippen LogP contribution in [0.2, 0.25) is 0 Å². The van der Waals surface area contributed by atoms with Crippen molar-refractivity contribution in [3.8, 4) is 0 Å². The van der Waals surface area contributed by atoms with Gasteiger partial charge < -0.3 is 5.32 Å². The van der Waals surface area contributed by atoms with Crippen molar-refractivity contribution >= 4 is 31.9 Å². The van der Waals surface area contributed by atoms with E-state index in [9.17, 15) is 0 Å². The van der Waals surface area contributed by atoms with Gasteiger partial charge >= 0.3 is 0 Å². The van der Waals surface area contributed by atoms with Gasteiger partial charge in [0, 0.05) is 8.95 Å². The Labute approximate surface area is 125 Å². The van der Waals surface area contributed by atoms with Crippen molar-refractivity contribution in [2.45, 2.75) is 13.0 Å². The average Bonchev–Trinajstić information content (AvgIpc) is 2.35. The zero-order chi connectivity index (χ0) is 13.1. The molecule has 0 radical (unpaired) electrons. The van der Waals surface area contributed by atoms with Crippen LogP contribution >= 0.6 is 31.9 Å². The lowest BCUT2D eigenvalue weighted by Crippen LogP contribution is -2.18. The fourth-order valence-corrected chi connectivity index (χ4v) is 3.01. The highest BCUT2D eigenvalue weighted by Gasteiger charge is 2.14. The molecule has 2 rings (SSSR count). The Morgan fingerprint density at radius 3 is 2.22 bits per heavy atom. The highest BCUT2D eigenvalue weighted by Crippen LogP contribution is 2.29. The number of hydrogen-bond acceptors (Lipinski definition) is 1. The quantitative estimate of drug-likeness (QED) is 0.818. The van der Waals surface area contributed by atoms with Crippen LogP contribution in [0.1, 0.15) is 22.7 Å². The number of aryl methyl sites for hydroxylation is 1. The second-order valence-corrected chi connectivity index (χ2v) is 6.07. The molecule has 0 aliphatic rings. The van der Waals surface area contributed by atoms with Crippen LogP contribution in [-0.4, -0.2) is 7.05 Å². The van der Waals surface area contributed by atoms with E-state index in [1.807, 2.05) is 7.05 Å². The summed E-state index contributed by atoms with van der Waals surface area (Å²) in [5, 5.41) is 3.37. The number of benzene rings is 2. The van der Waals surface area contributed by atoms with Gasteiger partial charge in [-0.15, -0.1) is 0 Å². The lowest BCUT2D eigenvalue weighted by atomic mass is 9.98. The van der Waals surface area contributed by atoms with E-state index < -0.39 is 0 Å². The number of halogens is 2. The van der Waals surface area contributed by atoms with Gasteiger partial charge in [0.15, 0.2) is 0 Å². The first-order valence-corrected chi connectivity index (χ1v) is 7.39. The number of rotatable bonds is 3. The van der Waals surface area contributed by atoms with Crippen molar-refractivity contribution in [1.82, 2.24) is 5.32 Å². The third kappa shape index (κ3) is 3.02. The van der Waals surface area contributed by atoms with Crippen LogP contribution in [0.3, 0.4) is 0 Å². The fraction of sp³-hybridized carbons (Fsp3) is 0.200. The molecular formula is C15H15Br2N. The van der Waals surface area contributed by atoms with Crippen LogP contribution < -0.4 is 5.32 Å². The molecule has 2 aromatic carbocycles. The first kappa shape index (κ1) is 13.8. The van der Waals surface area contributed by atoms with Gasteiger partial charge in [0.05, 0.1) is 6.04 Å². The summed E-state index contributed by atoms with van der Waals surface area (Å²) >= 11 is 7.12. The molecule has 1 atom stereocenters. The minimum Gasteiger partial charge on any atom is -0.309 e. The molecule has 0 amide bonds. The molecule has 0 heterocycles. The lowest BCUT2D eigenvalue weighted by Gasteiger charge is -2.19. The number of nitrogens with one attached hydrogen (secondary N) is 1. The highest BCUT2D eigenvalue weighted by molar-refractivity contribution is 9.10. The minimum absolute atomic E-state index is 0.202. The molecule has 1 unspecified atom stereocenters. The first-order valence-electron chi connectivity index (χ1n) is 5.80. The summed E-state index contributed by atoms with van der Waals surface area (Å²) in [5.41, 5.74) is 3.77. The van der Waals surface area contributed by atoms with Gasteiger partial charge in [-0.05, 0) is 48.9 Å². The Morgan fingerprint density at radius 2 is 1.67 bits per heavy atom. The molecular weight excluding hydrogens is 354 g/mol. The molecule has 2 aromatic rings. The van der Waals surface area contributed by atoms with Gasteiger partial charge in [0.25, 0.3) is 0 Å². The van der Waals surface area contributed by atoms with Gasteiger partial charge in [0.2, 0.25) is 0 Å². The van der Waals surface area contributed by atoms with Gasteiger partial charge in [-0.3, -0.25) is 0 Å². The van der Waals surface area contributed by atoms with Gasteiger partial charge in [-0.2, -0.15) is 0 Å². The zero-order valence-corrected chi connectivity index (χ0v) is 13.5. The maximum atomic E-state index is 3.65. The van der Waals surface area contributed by atoms with Crippen LogP contribution in [-0.2, 0) is 0 Å². The maximum absolute atomic E-state index is 3.65. The van der Waals surface area contributed by atoms with Gasteiger partial charge in [0.1, 0.15) is 0 Å². The first-order chi connectivity index (χ1) is 8.61. The second kappa shape index (κ2) is 6.00. The molecule has 0 aliphatic carbocycles. The zero-order valence-electron chi connectivity index (χ0n) is 10.4. The van der Waals surface area contributed by atoms with E-state index >= 15 is 0 Å². The van der Waals surface area contributed by atoms with Crippen molar-refractivity contribution in [1.29, 1.82) is 0 Å². The van der Waals surface area contributed by atoms with Crippen LogP contribution in [0.15, 0.2) is 51.4 Å². The fourth-order valence-electron chi connectivity index (χ4n) is 2.02. The average molecular weight is 369 g/mol. The summed E-state index contributed by atoms with van der Waals surface area (Å²) in [5.74, 6) is 0. The summed E-state index contributed by atoms with van der Waals surface area (Å²) in [6.45, 7) is 2.10. The van der Waals surface area contributed by atoms with Crippen LogP contribution in [0.5, 0.6) is 0 Å². The third-order valence-electron chi connectivity index (χ3n) is 2.96. The largest absolute Gasteiger partial charge is 0.309 e. The Kier molecular flexibility index (Phi) is 4.60. The molecule has 18 heavy (non-hydrogen) atoms.